The molecule has 0 aliphatic carbocycles. The summed E-state index contributed by atoms with van der Waals surface area (Å²) in [4.78, 5) is 25.2. The van der Waals surface area contributed by atoms with Crippen LogP contribution in [0.1, 0.15) is 18.9 Å². The molecule has 1 unspecified atom stereocenters. The number of nitrogens with one attached hydrogen (secondary N) is 1. The number of carboxylic acid groups (broad SMARTS) is 1. The Morgan fingerprint density at radius 2 is 2.00 bits per heavy atom. The van der Waals surface area contributed by atoms with Crippen LogP contribution in [0.15, 0.2) is 30.5 Å². The number of urea groups is 1. The monoisotopic (exact) mass is 362 g/mol. The van der Waals surface area contributed by atoms with Crippen molar-refractivity contribution in [3.8, 4) is 5.69 Å². The van der Waals surface area contributed by atoms with Gasteiger partial charge in [0.25, 0.3) is 0 Å². The predicted octanol–water partition coefficient (Wildman–Crippen LogP) is 3.16. The second-order valence-corrected chi connectivity index (χ2v) is 6.99. The lowest BCUT2D eigenvalue weighted by atomic mass is 9.90. The smallest absolute Gasteiger partial charge is 0.323 e. The molecular weight excluding hydrogens is 344 g/mol. The molecule has 1 saturated heterocycles. The minimum atomic E-state index is -0.894. The van der Waals surface area contributed by atoms with Gasteiger partial charge in [-0.3, -0.25) is 10.1 Å². The molecule has 7 nitrogen and oxygen atoms in total. The summed E-state index contributed by atoms with van der Waals surface area (Å²) in [5, 5.41) is 17.1. The van der Waals surface area contributed by atoms with Crippen LogP contribution < -0.4 is 5.32 Å². The van der Waals surface area contributed by atoms with Crippen molar-refractivity contribution in [2.75, 3.05) is 18.4 Å². The van der Waals surface area contributed by atoms with Crippen molar-refractivity contribution in [2.45, 2.75) is 20.3 Å². The van der Waals surface area contributed by atoms with Crippen LogP contribution in [-0.2, 0) is 4.79 Å². The van der Waals surface area contributed by atoms with E-state index in [0.29, 0.717) is 23.8 Å². The van der Waals surface area contributed by atoms with Gasteiger partial charge in [-0.1, -0.05) is 11.6 Å². The van der Waals surface area contributed by atoms with Crippen LogP contribution in [0.5, 0.6) is 0 Å². The summed E-state index contributed by atoms with van der Waals surface area (Å²) in [5.41, 5.74) is 0.741. The van der Waals surface area contributed by atoms with E-state index in [9.17, 15) is 14.7 Å². The molecule has 2 amide bonds. The zero-order chi connectivity index (χ0) is 18.2. The summed E-state index contributed by atoms with van der Waals surface area (Å²) in [7, 11) is 0. The van der Waals surface area contributed by atoms with Crippen LogP contribution in [-0.4, -0.2) is 44.9 Å². The molecule has 0 spiro atoms. The van der Waals surface area contributed by atoms with Crippen molar-refractivity contribution in [1.82, 2.24) is 14.7 Å². The fraction of sp³-hybridized carbons (Fsp3) is 0.353. The number of carboxylic acids is 1. The molecule has 1 atom stereocenters. The number of likely N-dealkylation sites (tertiary alicyclic amines) is 1. The first-order valence-corrected chi connectivity index (χ1v) is 8.28. The first-order chi connectivity index (χ1) is 11.8. The molecule has 2 heterocycles. The number of nitrogens with zero attached hydrogens (tertiary/aromatic N) is 3. The van der Waals surface area contributed by atoms with Crippen LogP contribution in [0, 0.1) is 12.3 Å². The van der Waals surface area contributed by atoms with Crippen molar-refractivity contribution >= 4 is 29.4 Å². The van der Waals surface area contributed by atoms with Crippen LogP contribution in [0.3, 0.4) is 0 Å². The molecule has 1 aliphatic rings. The lowest BCUT2D eigenvalue weighted by Gasteiger charge is -2.20. The van der Waals surface area contributed by atoms with Crippen LogP contribution in [0.4, 0.5) is 10.6 Å². The summed E-state index contributed by atoms with van der Waals surface area (Å²) in [6.07, 6.45) is 2.25. The van der Waals surface area contributed by atoms with Gasteiger partial charge in [0.1, 0.15) is 0 Å². The van der Waals surface area contributed by atoms with Gasteiger partial charge in [-0.15, -0.1) is 5.10 Å². The molecule has 3 rings (SSSR count). The number of hydrogen-bond acceptors (Lipinski definition) is 3. The standard InChI is InChI=1S/C17H19ClN4O3/c1-11-9-22(13-5-3-12(18)4-6-13)20-14(11)19-16(25)21-8-7-17(2,10-21)15(23)24/h3-6,9H,7-8,10H2,1-2H3,(H,23,24)(H,19,20,25). The Labute approximate surface area is 150 Å². The molecule has 2 N–H and O–H groups in total. The quantitative estimate of drug-likeness (QED) is 0.877. The van der Waals surface area contributed by atoms with Crippen LogP contribution in [0.2, 0.25) is 5.02 Å². The van der Waals surface area contributed by atoms with Crippen molar-refractivity contribution in [2.24, 2.45) is 5.41 Å². The first kappa shape index (κ1) is 17.3. The highest BCUT2D eigenvalue weighted by Gasteiger charge is 2.42. The zero-order valence-electron chi connectivity index (χ0n) is 14.0. The lowest BCUT2D eigenvalue weighted by Crippen LogP contribution is -2.37. The molecule has 0 radical (unpaired) electrons. The van der Waals surface area contributed by atoms with Gasteiger partial charge in [0, 0.05) is 29.9 Å². The average Bonchev–Trinajstić information content (AvgIpc) is 3.13. The Morgan fingerprint density at radius 3 is 2.60 bits per heavy atom. The third-order valence-corrected chi connectivity index (χ3v) is 4.74. The predicted molar refractivity (Wildman–Crippen MR) is 94.3 cm³/mol. The third-order valence-electron chi connectivity index (χ3n) is 4.49. The number of aryl methyl sites for hydroxylation is 1. The number of aromatic nitrogens is 2. The molecule has 1 fully saturated rings. The molecular formula is C17H19ClN4O3. The lowest BCUT2D eigenvalue weighted by molar-refractivity contribution is -0.146. The van der Waals surface area contributed by atoms with E-state index in [2.05, 4.69) is 10.4 Å². The van der Waals surface area contributed by atoms with Crippen molar-refractivity contribution < 1.29 is 14.7 Å². The molecule has 0 bridgehead atoms. The van der Waals surface area contributed by atoms with E-state index in [-0.39, 0.29) is 12.6 Å². The van der Waals surface area contributed by atoms with Crippen LogP contribution >= 0.6 is 11.6 Å². The minimum absolute atomic E-state index is 0.186. The number of halogens is 1. The van der Waals surface area contributed by atoms with Gasteiger partial charge in [-0.2, -0.15) is 0 Å². The first-order valence-electron chi connectivity index (χ1n) is 7.90. The van der Waals surface area contributed by atoms with E-state index in [1.54, 1.807) is 23.7 Å². The topological polar surface area (TPSA) is 87.5 Å². The van der Waals surface area contributed by atoms with E-state index in [0.717, 1.165) is 11.3 Å². The van der Waals surface area contributed by atoms with Crippen molar-refractivity contribution in [3.05, 3.63) is 41.0 Å². The molecule has 25 heavy (non-hydrogen) atoms. The number of aliphatic carboxylic acids is 1. The van der Waals surface area contributed by atoms with Crippen molar-refractivity contribution in [3.63, 3.8) is 0 Å². The molecule has 132 valence electrons. The van der Waals surface area contributed by atoms with Gasteiger partial charge in [-0.05, 0) is 44.5 Å². The zero-order valence-corrected chi connectivity index (χ0v) is 14.7. The van der Waals surface area contributed by atoms with Crippen molar-refractivity contribution in [1.29, 1.82) is 0 Å². The molecule has 0 saturated carbocycles. The number of amides is 2. The SMILES string of the molecule is Cc1cn(-c2ccc(Cl)cc2)nc1NC(=O)N1CCC(C)(C(=O)O)C1. The molecule has 1 aromatic carbocycles. The highest BCUT2D eigenvalue weighted by molar-refractivity contribution is 6.30. The summed E-state index contributed by atoms with van der Waals surface area (Å²) in [6, 6.07) is 6.86. The van der Waals surface area contributed by atoms with Gasteiger partial charge >= 0.3 is 12.0 Å². The van der Waals surface area contributed by atoms with Gasteiger partial charge in [0.2, 0.25) is 0 Å². The minimum Gasteiger partial charge on any atom is -0.481 e. The van der Waals surface area contributed by atoms with Gasteiger partial charge < -0.3 is 10.0 Å². The Hall–Kier alpha value is -2.54. The fourth-order valence-corrected chi connectivity index (χ4v) is 2.93. The third kappa shape index (κ3) is 3.46. The number of rotatable bonds is 3. The average molecular weight is 363 g/mol. The largest absolute Gasteiger partial charge is 0.481 e. The summed E-state index contributed by atoms with van der Waals surface area (Å²) < 4.78 is 1.66. The second kappa shape index (κ2) is 6.40. The summed E-state index contributed by atoms with van der Waals surface area (Å²) in [6.45, 7) is 4.10. The van der Waals surface area contributed by atoms with Gasteiger partial charge in [0.05, 0.1) is 11.1 Å². The van der Waals surface area contributed by atoms with Crippen LogP contribution in [0.25, 0.3) is 5.69 Å². The highest BCUT2D eigenvalue weighted by Crippen LogP contribution is 2.30. The number of benzene rings is 1. The fourth-order valence-electron chi connectivity index (χ4n) is 2.80. The second-order valence-electron chi connectivity index (χ2n) is 6.55. The summed E-state index contributed by atoms with van der Waals surface area (Å²) in [5.74, 6) is -0.435. The Kier molecular flexibility index (Phi) is 4.43. The maximum atomic E-state index is 12.4. The van der Waals surface area contributed by atoms with E-state index in [4.69, 9.17) is 11.6 Å². The molecule has 8 heteroatoms. The normalized spacial score (nSPS) is 19.9. The Balaban J connectivity index is 1.72. The Bertz CT molecular complexity index is 818. The highest BCUT2D eigenvalue weighted by atomic mass is 35.5. The number of hydrogen-bond donors (Lipinski definition) is 2. The summed E-state index contributed by atoms with van der Waals surface area (Å²) >= 11 is 5.89. The van der Waals surface area contributed by atoms with Gasteiger partial charge in [-0.25, -0.2) is 9.48 Å². The van der Waals surface area contributed by atoms with E-state index in [1.807, 2.05) is 25.3 Å². The molecule has 1 aromatic heterocycles. The van der Waals surface area contributed by atoms with E-state index in [1.165, 1.54) is 4.90 Å². The maximum absolute atomic E-state index is 12.4. The van der Waals surface area contributed by atoms with E-state index >= 15 is 0 Å². The van der Waals surface area contributed by atoms with Gasteiger partial charge in [0.15, 0.2) is 5.82 Å². The molecule has 2 aromatic rings. The maximum Gasteiger partial charge on any atom is 0.323 e. The van der Waals surface area contributed by atoms with E-state index < -0.39 is 11.4 Å². The number of carbonyl (C=O) groups is 2. The number of carbonyl (C=O) groups excluding carboxylic acids is 1. The number of anilines is 1. The Morgan fingerprint density at radius 1 is 1.32 bits per heavy atom. The molecule has 1 aliphatic heterocycles.